The standard InChI is InChI=1S/C14H21NO/c16-11-13-8-9-15-14(10-13)7-6-12-4-2-1-3-5-12/h1-5,13-16H,6-11H2. The topological polar surface area (TPSA) is 32.3 Å². The molecule has 1 heterocycles. The smallest absolute Gasteiger partial charge is 0.0460 e. The Balaban J connectivity index is 1.77. The summed E-state index contributed by atoms with van der Waals surface area (Å²) in [5, 5.41) is 12.7. The van der Waals surface area contributed by atoms with Crippen molar-refractivity contribution in [3.63, 3.8) is 0 Å². The van der Waals surface area contributed by atoms with Gasteiger partial charge in [0, 0.05) is 12.6 Å². The molecule has 2 nitrogen and oxygen atoms in total. The van der Waals surface area contributed by atoms with Crippen LogP contribution >= 0.6 is 0 Å². The number of hydrogen-bond donors (Lipinski definition) is 2. The SMILES string of the molecule is OCC1CCNC(CCc2ccccc2)C1. The molecule has 0 aromatic heterocycles. The molecule has 0 radical (unpaired) electrons. The van der Waals surface area contributed by atoms with Crippen LogP contribution in [0, 0.1) is 5.92 Å². The second-order valence-electron chi connectivity index (χ2n) is 4.75. The van der Waals surface area contributed by atoms with Gasteiger partial charge in [-0.3, -0.25) is 0 Å². The molecule has 1 aliphatic rings. The van der Waals surface area contributed by atoms with Gasteiger partial charge in [-0.05, 0) is 43.7 Å². The van der Waals surface area contributed by atoms with Gasteiger partial charge in [-0.25, -0.2) is 0 Å². The summed E-state index contributed by atoms with van der Waals surface area (Å²) < 4.78 is 0. The number of aliphatic hydroxyl groups excluding tert-OH is 1. The van der Waals surface area contributed by atoms with Gasteiger partial charge in [0.05, 0.1) is 0 Å². The number of hydrogen-bond acceptors (Lipinski definition) is 2. The van der Waals surface area contributed by atoms with Crippen molar-refractivity contribution in [1.29, 1.82) is 0 Å². The van der Waals surface area contributed by atoms with Gasteiger partial charge >= 0.3 is 0 Å². The summed E-state index contributed by atoms with van der Waals surface area (Å²) in [4.78, 5) is 0. The normalized spacial score (nSPS) is 25.6. The quantitative estimate of drug-likeness (QED) is 0.811. The average molecular weight is 219 g/mol. The molecule has 2 heteroatoms. The first-order valence-corrected chi connectivity index (χ1v) is 6.26. The fourth-order valence-corrected chi connectivity index (χ4v) is 2.47. The molecule has 0 saturated carbocycles. The van der Waals surface area contributed by atoms with Crippen LogP contribution in [0.2, 0.25) is 0 Å². The van der Waals surface area contributed by atoms with Crippen LogP contribution in [0.1, 0.15) is 24.8 Å². The Labute approximate surface area is 97.7 Å². The van der Waals surface area contributed by atoms with Gasteiger partial charge in [-0.2, -0.15) is 0 Å². The predicted octanol–water partition coefficient (Wildman–Crippen LogP) is 1.98. The molecule has 88 valence electrons. The van der Waals surface area contributed by atoms with E-state index in [4.69, 9.17) is 5.11 Å². The fraction of sp³-hybridized carbons (Fsp3) is 0.571. The first-order chi connectivity index (χ1) is 7.88. The number of piperidine rings is 1. The number of aryl methyl sites for hydroxylation is 1. The van der Waals surface area contributed by atoms with E-state index in [2.05, 4.69) is 35.6 Å². The lowest BCUT2D eigenvalue weighted by Gasteiger charge is -2.29. The maximum atomic E-state index is 9.17. The van der Waals surface area contributed by atoms with Gasteiger partial charge in [0.2, 0.25) is 0 Å². The molecule has 0 amide bonds. The molecule has 2 unspecified atom stereocenters. The average Bonchev–Trinajstić information content (AvgIpc) is 2.38. The summed E-state index contributed by atoms with van der Waals surface area (Å²) >= 11 is 0. The minimum atomic E-state index is 0.351. The van der Waals surface area contributed by atoms with Crippen LogP contribution in [-0.2, 0) is 6.42 Å². The summed E-state index contributed by atoms with van der Waals surface area (Å²) in [6, 6.07) is 11.2. The Morgan fingerprint density at radius 1 is 1.25 bits per heavy atom. The lowest BCUT2D eigenvalue weighted by molar-refractivity contribution is 0.173. The van der Waals surface area contributed by atoms with Crippen molar-refractivity contribution in [2.24, 2.45) is 5.92 Å². The van der Waals surface area contributed by atoms with Gasteiger partial charge in [0.25, 0.3) is 0 Å². The summed E-state index contributed by atoms with van der Waals surface area (Å²) in [5.74, 6) is 0.516. The van der Waals surface area contributed by atoms with Gasteiger partial charge in [0.15, 0.2) is 0 Å². The Morgan fingerprint density at radius 3 is 2.81 bits per heavy atom. The number of aliphatic hydroxyl groups is 1. The van der Waals surface area contributed by atoms with E-state index in [1.165, 1.54) is 12.0 Å². The maximum Gasteiger partial charge on any atom is 0.0460 e. The van der Waals surface area contributed by atoms with Crippen LogP contribution in [0.15, 0.2) is 30.3 Å². The van der Waals surface area contributed by atoms with Crippen LogP contribution in [-0.4, -0.2) is 24.3 Å². The zero-order chi connectivity index (χ0) is 11.2. The maximum absolute atomic E-state index is 9.17. The molecule has 2 atom stereocenters. The molecule has 0 aliphatic carbocycles. The highest BCUT2D eigenvalue weighted by atomic mass is 16.3. The van der Waals surface area contributed by atoms with Crippen molar-refractivity contribution in [3.8, 4) is 0 Å². The molecule has 1 fully saturated rings. The van der Waals surface area contributed by atoms with Crippen molar-refractivity contribution in [3.05, 3.63) is 35.9 Å². The van der Waals surface area contributed by atoms with Crippen molar-refractivity contribution >= 4 is 0 Å². The third kappa shape index (κ3) is 3.32. The van der Waals surface area contributed by atoms with Crippen LogP contribution in [0.25, 0.3) is 0 Å². The first kappa shape index (κ1) is 11.6. The number of rotatable bonds is 4. The van der Waals surface area contributed by atoms with Crippen LogP contribution in [0.4, 0.5) is 0 Å². The Kier molecular flexibility index (Phi) is 4.37. The second kappa shape index (κ2) is 6.02. The zero-order valence-electron chi connectivity index (χ0n) is 9.73. The van der Waals surface area contributed by atoms with Gasteiger partial charge in [0.1, 0.15) is 0 Å². The van der Waals surface area contributed by atoms with Crippen molar-refractivity contribution in [2.75, 3.05) is 13.2 Å². The van der Waals surface area contributed by atoms with Crippen molar-refractivity contribution in [1.82, 2.24) is 5.32 Å². The van der Waals surface area contributed by atoms with Gasteiger partial charge in [-0.1, -0.05) is 30.3 Å². The molecule has 1 saturated heterocycles. The summed E-state index contributed by atoms with van der Waals surface area (Å²) in [5.41, 5.74) is 1.41. The van der Waals surface area contributed by atoms with Gasteiger partial charge < -0.3 is 10.4 Å². The van der Waals surface area contributed by atoms with Crippen LogP contribution < -0.4 is 5.32 Å². The van der Waals surface area contributed by atoms with E-state index in [9.17, 15) is 0 Å². The largest absolute Gasteiger partial charge is 0.396 e. The molecule has 1 aliphatic heterocycles. The van der Waals surface area contributed by atoms with Crippen LogP contribution in [0.5, 0.6) is 0 Å². The molecule has 2 rings (SSSR count). The minimum Gasteiger partial charge on any atom is -0.396 e. The molecular formula is C14H21NO. The minimum absolute atomic E-state index is 0.351. The third-order valence-corrected chi connectivity index (χ3v) is 3.49. The lowest BCUT2D eigenvalue weighted by Crippen LogP contribution is -2.39. The molecule has 1 aromatic rings. The molecule has 2 N–H and O–H groups in total. The van der Waals surface area contributed by atoms with Gasteiger partial charge in [-0.15, -0.1) is 0 Å². The number of nitrogens with one attached hydrogen (secondary N) is 1. The number of benzene rings is 1. The fourth-order valence-electron chi connectivity index (χ4n) is 2.47. The summed E-state index contributed by atoms with van der Waals surface area (Å²) in [7, 11) is 0. The summed E-state index contributed by atoms with van der Waals surface area (Å²) in [6.07, 6.45) is 4.57. The first-order valence-electron chi connectivity index (χ1n) is 6.26. The highest BCUT2D eigenvalue weighted by Crippen LogP contribution is 2.18. The molecule has 16 heavy (non-hydrogen) atoms. The second-order valence-corrected chi connectivity index (χ2v) is 4.75. The van der Waals surface area contributed by atoms with E-state index >= 15 is 0 Å². The highest BCUT2D eigenvalue weighted by Gasteiger charge is 2.20. The van der Waals surface area contributed by atoms with E-state index in [1.807, 2.05) is 0 Å². The molecule has 1 aromatic carbocycles. The monoisotopic (exact) mass is 219 g/mol. The van der Waals surface area contributed by atoms with Crippen LogP contribution in [0.3, 0.4) is 0 Å². The summed E-state index contributed by atoms with van der Waals surface area (Å²) in [6.45, 7) is 1.41. The Morgan fingerprint density at radius 2 is 2.06 bits per heavy atom. The van der Waals surface area contributed by atoms with E-state index in [1.54, 1.807) is 0 Å². The van der Waals surface area contributed by atoms with E-state index in [0.717, 1.165) is 25.8 Å². The molecule has 0 bridgehead atoms. The zero-order valence-corrected chi connectivity index (χ0v) is 9.73. The predicted molar refractivity (Wildman–Crippen MR) is 66.4 cm³/mol. The Bertz CT molecular complexity index is 299. The lowest BCUT2D eigenvalue weighted by atomic mass is 9.90. The van der Waals surface area contributed by atoms with E-state index in [-0.39, 0.29) is 0 Å². The third-order valence-electron chi connectivity index (χ3n) is 3.49. The van der Waals surface area contributed by atoms with Crippen molar-refractivity contribution < 1.29 is 5.11 Å². The molecule has 0 spiro atoms. The van der Waals surface area contributed by atoms with Crippen molar-refractivity contribution in [2.45, 2.75) is 31.7 Å². The van der Waals surface area contributed by atoms with E-state index < -0.39 is 0 Å². The highest BCUT2D eigenvalue weighted by molar-refractivity contribution is 5.14. The molecular weight excluding hydrogens is 198 g/mol. The van der Waals surface area contributed by atoms with E-state index in [0.29, 0.717) is 18.6 Å². The Hall–Kier alpha value is -0.860.